The van der Waals surface area contributed by atoms with Crippen LogP contribution in [-0.2, 0) is 10.0 Å². The van der Waals surface area contributed by atoms with Gasteiger partial charge in [0.1, 0.15) is 0 Å². The highest BCUT2D eigenvalue weighted by atomic mass is 32.2. The summed E-state index contributed by atoms with van der Waals surface area (Å²) in [7, 11) is -3.28. The molecule has 5 nitrogen and oxygen atoms in total. The largest absolute Gasteiger partial charge is 0.315 e. The molecule has 0 fully saturated rings. The second-order valence-electron chi connectivity index (χ2n) is 5.27. The highest BCUT2D eigenvalue weighted by Crippen LogP contribution is 2.22. The number of thiazole rings is 1. The molecule has 0 radical (unpaired) electrons. The van der Waals surface area contributed by atoms with E-state index in [1.54, 1.807) is 11.6 Å². The number of sulfonamides is 1. The lowest BCUT2D eigenvalue weighted by atomic mass is 10.3. The molecule has 1 heterocycles. The summed E-state index contributed by atoms with van der Waals surface area (Å²) < 4.78 is 27.7. The predicted molar refractivity (Wildman–Crippen MR) is 89.4 cm³/mol. The minimum atomic E-state index is -3.28. The van der Waals surface area contributed by atoms with Crippen LogP contribution in [0.1, 0.15) is 26.7 Å². The van der Waals surface area contributed by atoms with Gasteiger partial charge in [0.25, 0.3) is 0 Å². The standard InChI is InChI=1S/C14H21N3O2S2/c1-11(2)15-7-3-4-8-21(18,19)17-12-5-6-13-14(9-12)20-10-16-13/h5-6,9-11,15,17H,3-4,7-8H2,1-2H3. The van der Waals surface area contributed by atoms with Crippen LogP contribution in [0.4, 0.5) is 5.69 Å². The number of anilines is 1. The van der Waals surface area contributed by atoms with Gasteiger partial charge in [-0.25, -0.2) is 13.4 Å². The number of rotatable bonds is 8. The maximum atomic E-state index is 12.0. The Hall–Kier alpha value is -1.18. The average Bonchev–Trinajstić information content (AvgIpc) is 2.84. The van der Waals surface area contributed by atoms with Gasteiger partial charge >= 0.3 is 0 Å². The smallest absolute Gasteiger partial charge is 0.232 e. The molecule has 0 aliphatic carbocycles. The lowest BCUT2D eigenvalue weighted by Gasteiger charge is -2.09. The van der Waals surface area contributed by atoms with Crippen molar-refractivity contribution in [2.45, 2.75) is 32.7 Å². The lowest BCUT2D eigenvalue weighted by molar-refractivity contribution is 0.561. The van der Waals surface area contributed by atoms with Gasteiger partial charge in [0, 0.05) is 6.04 Å². The number of hydrogen-bond acceptors (Lipinski definition) is 5. The van der Waals surface area contributed by atoms with Crippen molar-refractivity contribution in [3.05, 3.63) is 23.7 Å². The van der Waals surface area contributed by atoms with E-state index in [-0.39, 0.29) is 5.75 Å². The Labute approximate surface area is 129 Å². The summed E-state index contributed by atoms with van der Waals surface area (Å²) in [6, 6.07) is 5.84. The summed E-state index contributed by atoms with van der Waals surface area (Å²) in [5.74, 6) is 0.146. The summed E-state index contributed by atoms with van der Waals surface area (Å²) >= 11 is 1.50. The zero-order valence-corrected chi connectivity index (χ0v) is 13.9. The second-order valence-corrected chi connectivity index (χ2v) is 8.00. The number of benzene rings is 1. The molecule has 0 saturated carbocycles. The highest BCUT2D eigenvalue weighted by molar-refractivity contribution is 7.92. The second kappa shape index (κ2) is 7.20. The number of hydrogen-bond donors (Lipinski definition) is 2. The Morgan fingerprint density at radius 1 is 1.29 bits per heavy atom. The van der Waals surface area contributed by atoms with Crippen LogP contribution >= 0.6 is 11.3 Å². The summed E-state index contributed by atoms with van der Waals surface area (Å²) in [5, 5.41) is 3.28. The third-order valence-corrected chi connectivity index (χ3v) is 5.16. The van der Waals surface area contributed by atoms with Gasteiger partial charge in [-0.1, -0.05) is 13.8 Å². The van der Waals surface area contributed by atoms with Crippen LogP contribution in [-0.4, -0.2) is 31.7 Å². The summed E-state index contributed by atoms with van der Waals surface area (Å²) in [4.78, 5) is 4.17. The SMILES string of the molecule is CC(C)NCCCCS(=O)(=O)Nc1ccc2ncsc2c1. The molecule has 2 aromatic rings. The van der Waals surface area contributed by atoms with E-state index in [2.05, 4.69) is 28.9 Å². The topological polar surface area (TPSA) is 71.1 Å². The Morgan fingerprint density at radius 3 is 2.86 bits per heavy atom. The van der Waals surface area contributed by atoms with Gasteiger partial charge in [0.2, 0.25) is 10.0 Å². The molecule has 0 atom stereocenters. The minimum absolute atomic E-state index is 0.146. The van der Waals surface area contributed by atoms with Crippen molar-refractivity contribution in [1.29, 1.82) is 0 Å². The van der Waals surface area contributed by atoms with E-state index in [1.165, 1.54) is 11.3 Å². The van der Waals surface area contributed by atoms with Gasteiger partial charge < -0.3 is 5.32 Å². The van der Waals surface area contributed by atoms with Crippen molar-refractivity contribution in [2.24, 2.45) is 0 Å². The molecule has 0 spiro atoms. The van der Waals surface area contributed by atoms with Gasteiger partial charge in [-0.3, -0.25) is 4.72 Å². The van der Waals surface area contributed by atoms with Crippen LogP contribution in [0.3, 0.4) is 0 Å². The number of nitrogens with one attached hydrogen (secondary N) is 2. The van der Waals surface area contributed by atoms with Gasteiger partial charge in [0.05, 0.1) is 27.2 Å². The molecule has 0 unspecified atom stereocenters. The summed E-state index contributed by atoms with van der Waals surface area (Å²) in [6.07, 6.45) is 1.50. The molecule has 0 saturated heterocycles. The van der Waals surface area contributed by atoms with E-state index < -0.39 is 10.0 Å². The van der Waals surface area contributed by atoms with Crippen molar-refractivity contribution < 1.29 is 8.42 Å². The molecular formula is C14H21N3O2S2. The quantitative estimate of drug-likeness (QED) is 0.731. The van der Waals surface area contributed by atoms with E-state index >= 15 is 0 Å². The maximum absolute atomic E-state index is 12.0. The molecule has 1 aromatic carbocycles. The fourth-order valence-electron chi connectivity index (χ4n) is 1.96. The number of fused-ring (bicyclic) bond motifs is 1. The lowest BCUT2D eigenvalue weighted by Crippen LogP contribution is -2.24. The fourth-order valence-corrected chi connectivity index (χ4v) is 3.85. The molecule has 0 aliphatic rings. The van der Waals surface area contributed by atoms with Crippen LogP contribution in [0.5, 0.6) is 0 Å². The Morgan fingerprint density at radius 2 is 2.10 bits per heavy atom. The Balaban J connectivity index is 1.85. The molecule has 2 rings (SSSR count). The van der Waals surface area contributed by atoms with Crippen molar-refractivity contribution in [1.82, 2.24) is 10.3 Å². The van der Waals surface area contributed by atoms with E-state index in [1.807, 2.05) is 12.1 Å². The zero-order valence-electron chi connectivity index (χ0n) is 12.3. The molecule has 0 bridgehead atoms. The first kappa shape index (κ1) is 16.2. The molecule has 2 N–H and O–H groups in total. The van der Waals surface area contributed by atoms with Crippen LogP contribution in [0.25, 0.3) is 10.2 Å². The predicted octanol–water partition coefficient (Wildman–Crippen LogP) is 2.82. The monoisotopic (exact) mass is 327 g/mol. The Kier molecular flexibility index (Phi) is 5.55. The number of unbranched alkanes of at least 4 members (excludes halogenated alkanes) is 1. The van der Waals surface area contributed by atoms with Crippen molar-refractivity contribution in [3.8, 4) is 0 Å². The van der Waals surface area contributed by atoms with Crippen LogP contribution in [0.2, 0.25) is 0 Å². The molecule has 7 heteroatoms. The van der Waals surface area contributed by atoms with Crippen LogP contribution in [0.15, 0.2) is 23.7 Å². The number of nitrogens with zero attached hydrogens (tertiary/aromatic N) is 1. The minimum Gasteiger partial charge on any atom is -0.315 e. The fraction of sp³-hybridized carbons (Fsp3) is 0.500. The van der Waals surface area contributed by atoms with Crippen molar-refractivity contribution in [2.75, 3.05) is 17.0 Å². The third-order valence-electron chi connectivity index (χ3n) is 3.00. The zero-order chi connectivity index (χ0) is 15.3. The summed E-state index contributed by atoms with van der Waals surface area (Å²) in [5.41, 5.74) is 3.25. The first-order valence-corrected chi connectivity index (χ1v) is 9.56. The normalized spacial score (nSPS) is 12.1. The molecule has 0 amide bonds. The van der Waals surface area contributed by atoms with E-state index in [0.717, 1.165) is 23.2 Å². The van der Waals surface area contributed by atoms with Gasteiger partial charge in [0.15, 0.2) is 0 Å². The van der Waals surface area contributed by atoms with Gasteiger partial charge in [-0.15, -0.1) is 11.3 Å². The van der Waals surface area contributed by atoms with E-state index in [0.29, 0.717) is 18.2 Å². The number of aromatic nitrogens is 1. The molecule has 0 aliphatic heterocycles. The van der Waals surface area contributed by atoms with Crippen LogP contribution in [0, 0.1) is 0 Å². The van der Waals surface area contributed by atoms with E-state index in [9.17, 15) is 8.42 Å². The third kappa shape index (κ3) is 5.26. The molecule has 116 valence electrons. The highest BCUT2D eigenvalue weighted by Gasteiger charge is 2.10. The molecule has 21 heavy (non-hydrogen) atoms. The van der Waals surface area contributed by atoms with Gasteiger partial charge in [-0.2, -0.15) is 0 Å². The molecule has 1 aromatic heterocycles. The first-order valence-electron chi connectivity index (χ1n) is 7.03. The van der Waals surface area contributed by atoms with Gasteiger partial charge in [-0.05, 0) is 37.6 Å². The summed E-state index contributed by atoms with van der Waals surface area (Å²) in [6.45, 7) is 5.00. The van der Waals surface area contributed by atoms with E-state index in [4.69, 9.17) is 0 Å². The first-order chi connectivity index (χ1) is 9.96. The van der Waals surface area contributed by atoms with Crippen molar-refractivity contribution >= 4 is 37.3 Å². The van der Waals surface area contributed by atoms with Crippen LogP contribution < -0.4 is 10.0 Å². The Bertz CT molecular complexity index is 680. The average molecular weight is 327 g/mol. The maximum Gasteiger partial charge on any atom is 0.232 e. The molecular weight excluding hydrogens is 306 g/mol. The van der Waals surface area contributed by atoms with Crippen molar-refractivity contribution in [3.63, 3.8) is 0 Å².